The zero-order valence-electron chi connectivity index (χ0n) is 12.9. The van der Waals surface area contributed by atoms with Gasteiger partial charge in [-0.2, -0.15) is 5.10 Å². The van der Waals surface area contributed by atoms with Crippen molar-refractivity contribution in [1.82, 2.24) is 9.78 Å². The number of aromatic nitrogens is 2. The number of nitrogens with one attached hydrogen (secondary N) is 1. The Labute approximate surface area is 143 Å². The average molecular weight is 349 g/mol. The van der Waals surface area contributed by atoms with Crippen molar-refractivity contribution < 1.29 is 9.72 Å². The Bertz CT molecular complexity index is 768. The van der Waals surface area contributed by atoms with Crippen molar-refractivity contribution >= 4 is 29.0 Å². The number of halogens is 1. The van der Waals surface area contributed by atoms with Crippen LogP contribution in [0.2, 0.25) is 5.02 Å². The van der Waals surface area contributed by atoms with Gasteiger partial charge in [-0.05, 0) is 18.9 Å². The molecule has 2 aromatic rings. The summed E-state index contributed by atoms with van der Waals surface area (Å²) in [5.74, 6) is 0.0933. The van der Waals surface area contributed by atoms with Gasteiger partial charge in [-0.1, -0.05) is 30.9 Å². The van der Waals surface area contributed by atoms with E-state index in [0.717, 1.165) is 25.7 Å². The van der Waals surface area contributed by atoms with E-state index in [1.807, 2.05) is 4.68 Å². The summed E-state index contributed by atoms with van der Waals surface area (Å²) in [6.45, 7) is 0. The average Bonchev–Trinajstić information content (AvgIpc) is 3.03. The number of rotatable bonds is 4. The van der Waals surface area contributed by atoms with E-state index >= 15 is 0 Å². The van der Waals surface area contributed by atoms with Crippen molar-refractivity contribution in [3.05, 3.63) is 51.2 Å². The van der Waals surface area contributed by atoms with Gasteiger partial charge in [0, 0.05) is 18.2 Å². The van der Waals surface area contributed by atoms with Gasteiger partial charge in [-0.25, -0.2) is 4.68 Å². The summed E-state index contributed by atoms with van der Waals surface area (Å²) in [6.07, 6.45) is 7.22. The second-order valence-corrected chi connectivity index (χ2v) is 6.24. The molecule has 0 aliphatic heterocycles. The first-order valence-electron chi connectivity index (χ1n) is 7.85. The van der Waals surface area contributed by atoms with Crippen LogP contribution in [0.5, 0.6) is 0 Å². The first-order chi connectivity index (χ1) is 11.6. The van der Waals surface area contributed by atoms with E-state index in [2.05, 4.69) is 10.4 Å². The van der Waals surface area contributed by atoms with E-state index in [9.17, 15) is 14.9 Å². The molecule has 7 nitrogen and oxygen atoms in total. The minimum Gasteiger partial charge on any atom is -0.307 e. The molecule has 3 rings (SSSR count). The maximum Gasteiger partial charge on any atom is 0.270 e. The summed E-state index contributed by atoms with van der Waals surface area (Å²) in [7, 11) is 0. The molecule has 0 atom stereocenters. The minimum absolute atomic E-state index is 0.0715. The van der Waals surface area contributed by atoms with Crippen LogP contribution in [-0.2, 0) is 0 Å². The number of carbonyl (C=O) groups excluding carboxylic acids is 1. The topological polar surface area (TPSA) is 90.1 Å². The number of benzene rings is 1. The van der Waals surface area contributed by atoms with Gasteiger partial charge < -0.3 is 5.32 Å². The molecule has 1 aromatic carbocycles. The number of anilines is 1. The van der Waals surface area contributed by atoms with Crippen LogP contribution in [-0.4, -0.2) is 20.6 Å². The molecule has 1 heterocycles. The number of nitro benzene ring substituents is 1. The second-order valence-electron chi connectivity index (χ2n) is 5.83. The number of nitrogens with zero attached hydrogens (tertiary/aromatic N) is 3. The molecule has 1 fully saturated rings. The van der Waals surface area contributed by atoms with Gasteiger partial charge in [-0.15, -0.1) is 0 Å². The zero-order chi connectivity index (χ0) is 17.1. The molecule has 1 aromatic heterocycles. The number of nitro groups is 1. The summed E-state index contributed by atoms with van der Waals surface area (Å²) < 4.78 is 1.82. The van der Waals surface area contributed by atoms with Crippen LogP contribution < -0.4 is 5.32 Å². The standard InChI is InChI=1S/C16H17ClN4O3/c17-14-7-6-12(21(23)24)10-13(14)16(22)19-15-8-9-18-20(15)11-4-2-1-3-5-11/h6-11H,1-5H2,(H,19,22). The number of amides is 1. The SMILES string of the molecule is O=C(Nc1ccnn1C1CCCCC1)c1cc([N+](=O)[O-])ccc1Cl. The highest BCUT2D eigenvalue weighted by atomic mass is 35.5. The van der Waals surface area contributed by atoms with Gasteiger partial charge in [-0.3, -0.25) is 14.9 Å². The summed E-state index contributed by atoms with van der Waals surface area (Å²) >= 11 is 6.02. The maximum absolute atomic E-state index is 12.5. The van der Waals surface area contributed by atoms with Gasteiger partial charge in [0.05, 0.1) is 27.7 Å². The van der Waals surface area contributed by atoms with E-state index in [1.54, 1.807) is 12.3 Å². The molecule has 24 heavy (non-hydrogen) atoms. The fourth-order valence-corrected chi connectivity index (χ4v) is 3.22. The van der Waals surface area contributed by atoms with E-state index in [0.29, 0.717) is 5.82 Å². The molecule has 0 saturated heterocycles. The van der Waals surface area contributed by atoms with Gasteiger partial charge in [0.25, 0.3) is 11.6 Å². The molecular weight excluding hydrogens is 332 g/mol. The molecule has 1 aliphatic rings. The van der Waals surface area contributed by atoms with Crippen LogP contribution in [0.15, 0.2) is 30.5 Å². The van der Waals surface area contributed by atoms with Crippen LogP contribution in [0, 0.1) is 10.1 Å². The van der Waals surface area contributed by atoms with E-state index in [4.69, 9.17) is 11.6 Å². The molecule has 0 bridgehead atoms. The minimum atomic E-state index is -0.556. The van der Waals surface area contributed by atoms with Crippen LogP contribution in [0.1, 0.15) is 48.5 Å². The van der Waals surface area contributed by atoms with Crippen LogP contribution in [0.25, 0.3) is 0 Å². The number of hydrogen-bond acceptors (Lipinski definition) is 4. The maximum atomic E-state index is 12.5. The lowest BCUT2D eigenvalue weighted by Crippen LogP contribution is -2.20. The van der Waals surface area contributed by atoms with E-state index in [-0.39, 0.29) is 22.3 Å². The first kappa shape index (κ1) is 16.4. The fraction of sp³-hybridized carbons (Fsp3) is 0.375. The molecule has 1 saturated carbocycles. The van der Waals surface area contributed by atoms with Crippen LogP contribution in [0.4, 0.5) is 11.5 Å². The molecular formula is C16H17ClN4O3. The highest BCUT2D eigenvalue weighted by Crippen LogP contribution is 2.30. The molecule has 0 radical (unpaired) electrons. The van der Waals surface area contributed by atoms with Crippen molar-refractivity contribution in [1.29, 1.82) is 0 Å². The molecule has 8 heteroatoms. The Balaban J connectivity index is 1.82. The van der Waals surface area contributed by atoms with Crippen molar-refractivity contribution in [2.75, 3.05) is 5.32 Å². The highest BCUT2D eigenvalue weighted by Gasteiger charge is 2.21. The van der Waals surface area contributed by atoms with Gasteiger partial charge in [0.1, 0.15) is 5.82 Å². The van der Waals surface area contributed by atoms with Gasteiger partial charge >= 0.3 is 0 Å². The predicted molar refractivity (Wildman–Crippen MR) is 90.4 cm³/mol. The molecule has 1 N–H and O–H groups in total. The molecule has 126 valence electrons. The Kier molecular flexibility index (Phi) is 4.80. The fourth-order valence-electron chi connectivity index (χ4n) is 3.01. The van der Waals surface area contributed by atoms with E-state index < -0.39 is 10.8 Å². The van der Waals surface area contributed by atoms with Crippen molar-refractivity contribution in [3.63, 3.8) is 0 Å². The Morgan fingerprint density at radius 1 is 1.29 bits per heavy atom. The van der Waals surface area contributed by atoms with Crippen molar-refractivity contribution in [2.45, 2.75) is 38.1 Å². The van der Waals surface area contributed by atoms with Gasteiger partial charge in [0.2, 0.25) is 0 Å². The molecule has 0 spiro atoms. The normalized spacial score (nSPS) is 15.2. The first-order valence-corrected chi connectivity index (χ1v) is 8.23. The van der Waals surface area contributed by atoms with Crippen molar-refractivity contribution in [2.24, 2.45) is 0 Å². The Morgan fingerprint density at radius 3 is 2.75 bits per heavy atom. The zero-order valence-corrected chi connectivity index (χ0v) is 13.7. The molecule has 0 unspecified atom stereocenters. The highest BCUT2D eigenvalue weighted by molar-refractivity contribution is 6.34. The Hall–Kier alpha value is -2.41. The quantitative estimate of drug-likeness (QED) is 0.662. The second kappa shape index (κ2) is 7.00. The number of carbonyl (C=O) groups is 1. The summed E-state index contributed by atoms with van der Waals surface area (Å²) in [6, 6.07) is 5.79. The molecule has 1 aliphatic carbocycles. The predicted octanol–water partition coefficient (Wildman–Crippen LogP) is 4.20. The van der Waals surface area contributed by atoms with Crippen molar-refractivity contribution in [3.8, 4) is 0 Å². The summed E-state index contributed by atoms with van der Waals surface area (Å²) in [5, 5.41) is 18.1. The number of non-ortho nitro benzene ring substituents is 1. The third kappa shape index (κ3) is 3.41. The largest absolute Gasteiger partial charge is 0.307 e. The lowest BCUT2D eigenvalue weighted by molar-refractivity contribution is -0.384. The van der Waals surface area contributed by atoms with Gasteiger partial charge in [0.15, 0.2) is 0 Å². The van der Waals surface area contributed by atoms with Crippen LogP contribution >= 0.6 is 11.6 Å². The third-order valence-electron chi connectivity index (χ3n) is 4.24. The third-order valence-corrected chi connectivity index (χ3v) is 4.57. The monoisotopic (exact) mass is 348 g/mol. The van der Waals surface area contributed by atoms with E-state index in [1.165, 1.54) is 24.6 Å². The smallest absolute Gasteiger partial charge is 0.270 e. The summed E-state index contributed by atoms with van der Waals surface area (Å²) in [4.78, 5) is 22.8. The molecule has 1 amide bonds. The Morgan fingerprint density at radius 2 is 2.04 bits per heavy atom. The lowest BCUT2D eigenvalue weighted by Gasteiger charge is -2.23. The van der Waals surface area contributed by atoms with Crippen LogP contribution in [0.3, 0.4) is 0 Å². The number of hydrogen-bond donors (Lipinski definition) is 1. The summed E-state index contributed by atoms with van der Waals surface area (Å²) in [5.41, 5.74) is -0.104. The lowest BCUT2D eigenvalue weighted by atomic mass is 9.96.